The molecule has 0 atom stereocenters. The smallest absolute Gasteiger partial charge is 0.0542 e. The molecule has 3 aromatic heterocycles. The standard InChI is InChI=1S/C49H36N4/c1-49(2)45-14-8-6-12-41(45)42-18-16-39(32-46(42)49)52(40-29-35(33-20-24-50-25-21-33)28-36(30-40)34-22-26-51-27-23-34)38-17-19-48-44(31-38)43-13-7-9-15-47(43)53(48)37-10-4-3-5-11-37/h3-32H,1-2H3. The molecule has 53 heavy (non-hydrogen) atoms. The molecule has 6 aromatic carbocycles. The Balaban J connectivity index is 1.24. The first kappa shape index (κ1) is 31.0. The molecule has 3 heterocycles. The minimum absolute atomic E-state index is 0.137. The summed E-state index contributed by atoms with van der Waals surface area (Å²) in [5.74, 6) is 0. The molecular formula is C49H36N4. The Morgan fingerprint density at radius 1 is 0.434 bits per heavy atom. The summed E-state index contributed by atoms with van der Waals surface area (Å²) < 4.78 is 2.37. The third kappa shape index (κ3) is 5.06. The van der Waals surface area contributed by atoms with E-state index in [1.165, 1.54) is 44.1 Å². The first-order valence-corrected chi connectivity index (χ1v) is 18.1. The Morgan fingerprint density at radius 2 is 1.02 bits per heavy atom. The van der Waals surface area contributed by atoms with Crippen molar-refractivity contribution in [2.24, 2.45) is 0 Å². The Labute approximate surface area is 309 Å². The minimum atomic E-state index is -0.137. The van der Waals surface area contributed by atoms with E-state index in [0.717, 1.165) is 45.0 Å². The number of anilines is 3. The second kappa shape index (κ2) is 12.2. The molecule has 0 aliphatic heterocycles. The fraction of sp³-hybridized carbons (Fsp3) is 0.0612. The van der Waals surface area contributed by atoms with Gasteiger partial charge in [0.1, 0.15) is 0 Å². The van der Waals surface area contributed by atoms with Gasteiger partial charge < -0.3 is 9.47 Å². The summed E-state index contributed by atoms with van der Waals surface area (Å²) in [6.45, 7) is 4.70. The molecule has 0 N–H and O–H groups in total. The number of para-hydroxylation sites is 2. The predicted molar refractivity (Wildman–Crippen MR) is 219 cm³/mol. The third-order valence-corrected chi connectivity index (χ3v) is 11.0. The van der Waals surface area contributed by atoms with Crippen LogP contribution in [-0.2, 0) is 5.41 Å². The molecule has 9 aromatic rings. The van der Waals surface area contributed by atoms with Gasteiger partial charge in [0.2, 0.25) is 0 Å². The molecule has 0 spiro atoms. The van der Waals surface area contributed by atoms with Gasteiger partial charge >= 0.3 is 0 Å². The SMILES string of the molecule is CC1(C)c2ccccc2-c2ccc(N(c3cc(-c4ccncc4)cc(-c4ccncc4)c3)c3ccc4c(c3)c3ccccc3n4-c3ccccc3)cc21. The average molecular weight is 681 g/mol. The molecule has 10 rings (SSSR count). The quantitative estimate of drug-likeness (QED) is 0.175. The molecule has 252 valence electrons. The van der Waals surface area contributed by atoms with Crippen LogP contribution in [0.4, 0.5) is 17.1 Å². The molecule has 0 amide bonds. The van der Waals surface area contributed by atoms with Crippen LogP contribution in [-0.4, -0.2) is 14.5 Å². The maximum atomic E-state index is 4.33. The number of nitrogens with zero attached hydrogens (tertiary/aromatic N) is 4. The summed E-state index contributed by atoms with van der Waals surface area (Å²) in [6.07, 6.45) is 7.45. The van der Waals surface area contributed by atoms with Gasteiger partial charge in [-0.2, -0.15) is 0 Å². The van der Waals surface area contributed by atoms with Crippen LogP contribution in [0.1, 0.15) is 25.0 Å². The highest BCUT2D eigenvalue weighted by molar-refractivity contribution is 6.10. The lowest BCUT2D eigenvalue weighted by Gasteiger charge is -2.29. The van der Waals surface area contributed by atoms with Crippen molar-refractivity contribution >= 4 is 38.9 Å². The predicted octanol–water partition coefficient (Wildman–Crippen LogP) is 12.7. The lowest BCUT2D eigenvalue weighted by Crippen LogP contribution is -2.16. The van der Waals surface area contributed by atoms with Crippen LogP contribution in [0.3, 0.4) is 0 Å². The third-order valence-electron chi connectivity index (χ3n) is 11.0. The fourth-order valence-electron chi connectivity index (χ4n) is 8.40. The monoisotopic (exact) mass is 680 g/mol. The zero-order chi connectivity index (χ0) is 35.5. The summed E-state index contributed by atoms with van der Waals surface area (Å²) in [4.78, 5) is 11.1. The van der Waals surface area contributed by atoms with Crippen LogP contribution in [0, 0.1) is 0 Å². The highest BCUT2D eigenvalue weighted by Gasteiger charge is 2.35. The van der Waals surface area contributed by atoms with Crippen molar-refractivity contribution < 1.29 is 0 Å². The maximum absolute atomic E-state index is 4.33. The summed E-state index contributed by atoms with van der Waals surface area (Å²) in [6, 6.07) is 57.4. The van der Waals surface area contributed by atoms with Gasteiger partial charge in [0, 0.05) is 63.7 Å². The zero-order valence-electron chi connectivity index (χ0n) is 29.6. The minimum Gasteiger partial charge on any atom is -0.310 e. The van der Waals surface area contributed by atoms with Gasteiger partial charge in [-0.05, 0) is 136 Å². The van der Waals surface area contributed by atoms with Gasteiger partial charge in [0.25, 0.3) is 0 Å². The van der Waals surface area contributed by atoms with E-state index in [2.05, 4.69) is 191 Å². The highest BCUT2D eigenvalue weighted by Crippen LogP contribution is 2.51. The van der Waals surface area contributed by atoms with Crippen LogP contribution >= 0.6 is 0 Å². The van der Waals surface area contributed by atoms with E-state index in [4.69, 9.17) is 0 Å². The Morgan fingerprint density at radius 3 is 1.75 bits per heavy atom. The van der Waals surface area contributed by atoms with E-state index >= 15 is 0 Å². The van der Waals surface area contributed by atoms with Gasteiger partial charge in [0.05, 0.1) is 11.0 Å². The van der Waals surface area contributed by atoms with Gasteiger partial charge in [-0.3, -0.25) is 9.97 Å². The van der Waals surface area contributed by atoms with Crippen molar-refractivity contribution in [2.45, 2.75) is 19.3 Å². The van der Waals surface area contributed by atoms with Crippen LogP contribution < -0.4 is 4.90 Å². The second-order valence-electron chi connectivity index (χ2n) is 14.4. The number of pyridine rings is 2. The average Bonchev–Trinajstić information content (AvgIpc) is 3.67. The van der Waals surface area contributed by atoms with Crippen molar-refractivity contribution in [2.75, 3.05) is 4.90 Å². The van der Waals surface area contributed by atoms with E-state index in [1.807, 2.05) is 24.8 Å². The van der Waals surface area contributed by atoms with Crippen molar-refractivity contribution in [1.82, 2.24) is 14.5 Å². The first-order valence-electron chi connectivity index (χ1n) is 18.1. The Kier molecular flexibility index (Phi) is 7.12. The lowest BCUT2D eigenvalue weighted by molar-refractivity contribution is 0.660. The van der Waals surface area contributed by atoms with Gasteiger partial charge in [-0.1, -0.05) is 80.6 Å². The number of benzene rings is 6. The molecule has 1 aliphatic carbocycles. The van der Waals surface area contributed by atoms with Gasteiger partial charge in [-0.25, -0.2) is 0 Å². The maximum Gasteiger partial charge on any atom is 0.0542 e. The van der Waals surface area contributed by atoms with Crippen molar-refractivity contribution in [3.8, 4) is 39.1 Å². The van der Waals surface area contributed by atoms with Gasteiger partial charge in [-0.15, -0.1) is 0 Å². The van der Waals surface area contributed by atoms with Crippen LogP contribution in [0.25, 0.3) is 60.9 Å². The van der Waals surface area contributed by atoms with Crippen LogP contribution in [0.2, 0.25) is 0 Å². The topological polar surface area (TPSA) is 34.0 Å². The first-order chi connectivity index (χ1) is 26.0. The van der Waals surface area contributed by atoms with Gasteiger partial charge in [0.15, 0.2) is 0 Å². The number of fused-ring (bicyclic) bond motifs is 6. The zero-order valence-corrected chi connectivity index (χ0v) is 29.6. The fourth-order valence-corrected chi connectivity index (χ4v) is 8.40. The van der Waals surface area contributed by atoms with Crippen LogP contribution in [0.15, 0.2) is 183 Å². The molecule has 0 fully saturated rings. The lowest BCUT2D eigenvalue weighted by atomic mass is 9.82. The molecule has 0 radical (unpaired) electrons. The second-order valence-corrected chi connectivity index (χ2v) is 14.4. The van der Waals surface area contributed by atoms with Crippen molar-refractivity contribution in [3.05, 3.63) is 194 Å². The largest absolute Gasteiger partial charge is 0.310 e. The highest BCUT2D eigenvalue weighted by atomic mass is 15.1. The summed E-state index contributed by atoms with van der Waals surface area (Å²) in [5.41, 5.74) is 16.5. The molecule has 0 unspecified atom stereocenters. The number of rotatable bonds is 6. The van der Waals surface area contributed by atoms with Crippen molar-refractivity contribution in [3.63, 3.8) is 0 Å². The summed E-state index contributed by atoms with van der Waals surface area (Å²) in [5, 5.41) is 2.43. The molecule has 4 nitrogen and oxygen atoms in total. The number of hydrogen-bond donors (Lipinski definition) is 0. The molecular weight excluding hydrogens is 645 g/mol. The molecule has 0 bridgehead atoms. The van der Waals surface area contributed by atoms with Crippen LogP contribution in [0.5, 0.6) is 0 Å². The number of hydrogen-bond acceptors (Lipinski definition) is 3. The Hall–Kier alpha value is -6.78. The van der Waals surface area contributed by atoms with E-state index in [1.54, 1.807) is 0 Å². The van der Waals surface area contributed by atoms with E-state index < -0.39 is 0 Å². The molecule has 0 saturated carbocycles. The van der Waals surface area contributed by atoms with E-state index in [-0.39, 0.29) is 5.41 Å². The van der Waals surface area contributed by atoms with E-state index in [0.29, 0.717) is 0 Å². The normalized spacial score (nSPS) is 12.9. The molecule has 1 aliphatic rings. The summed E-state index contributed by atoms with van der Waals surface area (Å²) in [7, 11) is 0. The molecule has 4 heteroatoms. The van der Waals surface area contributed by atoms with Crippen molar-refractivity contribution in [1.29, 1.82) is 0 Å². The molecule has 0 saturated heterocycles. The summed E-state index contributed by atoms with van der Waals surface area (Å²) >= 11 is 0. The van der Waals surface area contributed by atoms with E-state index in [9.17, 15) is 0 Å². The Bertz CT molecular complexity index is 2740. The number of aromatic nitrogens is 3.